The van der Waals surface area contributed by atoms with Crippen LogP contribution in [0.2, 0.25) is 5.02 Å². The highest BCUT2D eigenvalue weighted by Crippen LogP contribution is 2.29. The van der Waals surface area contributed by atoms with Crippen molar-refractivity contribution < 1.29 is 22.7 Å². The topological polar surface area (TPSA) is 96.0 Å². The van der Waals surface area contributed by atoms with E-state index >= 15 is 0 Å². The van der Waals surface area contributed by atoms with Gasteiger partial charge in [-0.15, -0.1) is 0 Å². The highest BCUT2D eigenvalue weighted by atomic mass is 35.5. The maximum absolute atomic E-state index is 14.5. The summed E-state index contributed by atoms with van der Waals surface area (Å²) < 4.78 is 34.6. The number of hydrogen-bond acceptors (Lipinski definition) is 5. The zero-order valence-corrected chi connectivity index (χ0v) is 27.4. The van der Waals surface area contributed by atoms with Gasteiger partial charge in [-0.2, -0.15) is 0 Å². The van der Waals surface area contributed by atoms with Crippen molar-refractivity contribution in [3.05, 3.63) is 125 Å². The van der Waals surface area contributed by atoms with Gasteiger partial charge >= 0.3 is 0 Å². The number of aryl methyl sites for hydroxylation is 1. The first-order valence-corrected chi connectivity index (χ1v) is 16.4. The molecular weight excluding hydrogens is 610 g/mol. The van der Waals surface area contributed by atoms with E-state index in [2.05, 4.69) is 5.32 Å². The van der Waals surface area contributed by atoms with Gasteiger partial charge in [0.2, 0.25) is 11.8 Å². The number of sulfonamides is 1. The lowest BCUT2D eigenvalue weighted by molar-refractivity contribution is -0.140. The van der Waals surface area contributed by atoms with E-state index in [1.807, 2.05) is 57.2 Å². The molecule has 1 unspecified atom stereocenters. The van der Waals surface area contributed by atoms with Gasteiger partial charge in [0.25, 0.3) is 10.0 Å². The Kier molecular flexibility index (Phi) is 11.3. The molecule has 0 aliphatic heterocycles. The smallest absolute Gasteiger partial charge is 0.264 e. The third kappa shape index (κ3) is 8.65. The number of hydrogen-bond donors (Lipinski definition) is 1. The summed E-state index contributed by atoms with van der Waals surface area (Å²) in [4.78, 5) is 29.8. The number of nitrogens with one attached hydrogen (secondary N) is 1. The zero-order chi connectivity index (χ0) is 32.6. The van der Waals surface area contributed by atoms with E-state index < -0.39 is 28.5 Å². The molecule has 4 rings (SSSR count). The van der Waals surface area contributed by atoms with Crippen LogP contribution in [-0.4, -0.2) is 50.9 Å². The lowest BCUT2D eigenvalue weighted by atomic mass is 10.0. The van der Waals surface area contributed by atoms with Gasteiger partial charge < -0.3 is 15.0 Å². The van der Waals surface area contributed by atoms with Gasteiger partial charge in [-0.1, -0.05) is 78.3 Å². The summed E-state index contributed by atoms with van der Waals surface area (Å²) in [7, 11) is -2.66. The van der Waals surface area contributed by atoms with Crippen LogP contribution in [0, 0.1) is 6.92 Å². The predicted octanol–water partition coefficient (Wildman–Crippen LogP) is 6.02. The number of nitrogens with zero attached hydrogens (tertiary/aromatic N) is 2. The van der Waals surface area contributed by atoms with Crippen molar-refractivity contribution in [2.45, 2.75) is 50.7 Å². The van der Waals surface area contributed by atoms with E-state index in [0.717, 1.165) is 15.4 Å². The highest BCUT2D eigenvalue weighted by Gasteiger charge is 2.35. The summed E-state index contributed by atoms with van der Waals surface area (Å²) in [5.41, 5.74) is 2.56. The predicted molar refractivity (Wildman–Crippen MR) is 178 cm³/mol. The van der Waals surface area contributed by atoms with Crippen LogP contribution in [0.15, 0.2) is 108 Å². The Morgan fingerprint density at radius 1 is 0.867 bits per heavy atom. The van der Waals surface area contributed by atoms with E-state index in [9.17, 15) is 18.0 Å². The molecule has 45 heavy (non-hydrogen) atoms. The van der Waals surface area contributed by atoms with Gasteiger partial charge in [-0.05, 0) is 73.9 Å². The van der Waals surface area contributed by atoms with E-state index in [1.54, 1.807) is 55.6 Å². The zero-order valence-electron chi connectivity index (χ0n) is 25.8. The number of carbonyl (C=O) groups excluding carboxylic acids is 2. The molecule has 0 aliphatic carbocycles. The molecule has 0 radical (unpaired) electrons. The second-order valence-electron chi connectivity index (χ2n) is 11.0. The molecule has 0 aliphatic rings. The molecule has 1 atom stereocenters. The van der Waals surface area contributed by atoms with Crippen molar-refractivity contribution in [3.63, 3.8) is 0 Å². The first-order chi connectivity index (χ1) is 21.5. The van der Waals surface area contributed by atoms with Crippen LogP contribution in [0.1, 0.15) is 30.5 Å². The molecule has 0 spiro atoms. The number of ether oxygens (including phenoxy) is 1. The van der Waals surface area contributed by atoms with E-state index in [0.29, 0.717) is 16.3 Å². The largest absolute Gasteiger partial charge is 0.497 e. The van der Waals surface area contributed by atoms with Crippen LogP contribution in [0.25, 0.3) is 0 Å². The summed E-state index contributed by atoms with van der Waals surface area (Å²) in [6.07, 6.45) is 0.219. The fraction of sp³-hybridized carbons (Fsp3) is 0.257. The number of rotatable bonds is 13. The minimum Gasteiger partial charge on any atom is -0.497 e. The van der Waals surface area contributed by atoms with Crippen molar-refractivity contribution >= 4 is 39.1 Å². The summed E-state index contributed by atoms with van der Waals surface area (Å²) in [6, 6.07) is 28.3. The fourth-order valence-electron chi connectivity index (χ4n) is 4.89. The molecule has 1 N–H and O–H groups in total. The second kappa shape index (κ2) is 15.1. The fourth-order valence-corrected chi connectivity index (χ4v) is 6.49. The van der Waals surface area contributed by atoms with Crippen LogP contribution in [0.3, 0.4) is 0 Å². The molecule has 0 fully saturated rings. The number of anilines is 1. The molecule has 2 amide bonds. The van der Waals surface area contributed by atoms with Gasteiger partial charge in [0.15, 0.2) is 0 Å². The Hall–Kier alpha value is -4.34. The summed E-state index contributed by atoms with van der Waals surface area (Å²) in [5, 5.41) is 3.32. The number of benzene rings is 4. The lowest BCUT2D eigenvalue weighted by Crippen LogP contribution is -2.54. The SMILES string of the molecule is COc1cccc(CN(C(=O)CN(c2ccc(C)c(Cl)c2)S(=O)(=O)c2ccccc2)C(Cc2ccccc2)C(=O)NC(C)C)c1. The van der Waals surface area contributed by atoms with Gasteiger partial charge in [0, 0.05) is 24.0 Å². The van der Waals surface area contributed by atoms with Crippen LogP contribution in [-0.2, 0) is 32.6 Å². The molecule has 8 nitrogen and oxygen atoms in total. The average molecular weight is 648 g/mol. The minimum absolute atomic E-state index is 0.0206. The molecule has 0 bridgehead atoms. The molecular formula is C35H38ClN3O5S. The van der Waals surface area contributed by atoms with Gasteiger partial charge in [0.1, 0.15) is 18.3 Å². The summed E-state index contributed by atoms with van der Waals surface area (Å²) in [5.74, 6) is -0.316. The first-order valence-electron chi connectivity index (χ1n) is 14.6. The van der Waals surface area contributed by atoms with Crippen molar-refractivity contribution in [1.29, 1.82) is 0 Å². The van der Waals surface area contributed by atoms with Gasteiger partial charge in [-0.3, -0.25) is 13.9 Å². The van der Waals surface area contributed by atoms with E-state index in [-0.39, 0.29) is 35.5 Å². The molecule has 0 aromatic heterocycles. The number of halogens is 1. The number of amides is 2. The number of methoxy groups -OCH3 is 1. The normalized spacial score (nSPS) is 12.0. The third-order valence-electron chi connectivity index (χ3n) is 7.24. The van der Waals surface area contributed by atoms with Crippen molar-refractivity contribution in [1.82, 2.24) is 10.2 Å². The third-order valence-corrected chi connectivity index (χ3v) is 9.44. The van der Waals surface area contributed by atoms with Gasteiger partial charge in [0.05, 0.1) is 17.7 Å². The Morgan fingerprint density at radius 2 is 1.51 bits per heavy atom. The Morgan fingerprint density at radius 3 is 2.13 bits per heavy atom. The lowest BCUT2D eigenvalue weighted by Gasteiger charge is -2.34. The van der Waals surface area contributed by atoms with Crippen LogP contribution < -0.4 is 14.4 Å². The minimum atomic E-state index is -4.21. The van der Waals surface area contributed by atoms with Crippen molar-refractivity contribution in [3.8, 4) is 5.75 Å². The molecule has 0 saturated heterocycles. The Balaban J connectivity index is 1.82. The molecule has 0 saturated carbocycles. The molecule has 4 aromatic rings. The summed E-state index contributed by atoms with van der Waals surface area (Å²) >= 11 is 6.44. The maximum atomic E-state index is 14.5. The van der Waals surface area contributed by atoms with Crippen LogP contribution in [0.4, 0.5) is 5.69 Å². The molecule has 4 aromatic carbocycles. The van der Waals surface area contributed by atoms with E-state index in [4.69, 9.17) is 16.3 Å². The highest BCUT2D eigenvalue weighted by molar-refractivity contribution is 7.92. The molecule has 0 heterocycles. The van der Waals surface area contributed by atoms with Crippen molar-refractivity contribution in [2.24, 2.45) is 0 Å². The van der Waals surface area contributed by atoms with Crippen molar-refractivity contribution in [2.75, 3.05) is 18.0 Å². The van der Waals surface area contributed by atoms with E-state index in [1.165, 1.54) is 23.1 Å². The standard InChI is InChI=1S/C35H38ClN3O5S/c1-25(2)37-35(41)33(21-27-12-7-5-8-13-27)38(23-28-14-11-15-30(20-28)44-4)34(40)24-39(29-19-18-26(3)32(36)22-29)45(42,43)31-16-9-6-10-17-31/h5-20,22,25,33H,21,23-24H2,1-4H3,(H,37,41). The monoisotopic (exact) mass is 647 g/mol. The molecule has 10 heteroatoms. The quantitative estimate of drug-likeness (QED) is 0.192. The summed E-state index contributed by atoms with van der Waals surface area (Å²) in [6.45, 7) is 4.97. The number of carbonyl (C=O) groups is 2. The maximum Gasteiger partial charge on any atom is 0.264 e. The van der Waals surface area contributed by atoms with Crippen LogP contribution in [0.5, 0.6) is 5.75 Å². The average Bonchev–Trinajstić information content (AvgIpc) is 3.03. The Bertz CT molecular complexity index is 1720. The second-order valence-corrected chi connectivity index (χ2v) is 13.3. The Labute approximate surface area is 270 Å². The van der Waals surface area contributed by atoms with Crippen LogP contribution >= 0.6 is 11.6 Å². The first kappa shape index (κ1) is 33.6. The molecule has 236 valence electrons. The van der Waals surface area contributed by atoms with Gasteiger partial charge in [-0.25, -0.2) is 8.42 Å².